The summed E-state index contributed by atoms with van der Waals surface area (Å²) in [5.41, 5.74) is 9.89. The van der Waals surface area contributed by atoms with Gasteiger partial charge in [-0.3, -0.25) is 0 Å². The van der Waals surface area contributed by atoms with Crippen LogP contribution in [0.15, 0.2) is 97.1 Å². The summed E-state index contributed by atoms with van der Waals surface area (Å²) >= 11 is 0. The summed E-state index contributed by atoms with van der Waals surface area (Å²) in [5.74, 6) is 0. The fraction of sp³-hybridized carbons (Fsp3) is 0.250. The minimum Gasteiger partial charge on any atom is -1.00 e. The molecule has 0 atom stereocenters. The van der Waals surface area contributed by atoms with E-state index in [0.29, 0.717) is 0 Å². The number of anilines is 4. The first kappa shape index (κ1) is 29.4. The van der Waals surface area contributed by atoms with Gasteiger partial charge in [-0.25, -0.2) is 0 Å². The SMILES string of the molecule is Cc1ccccc1NC[P+](CNc1ccccc1C)(CNc1ccccc1C)CNc1ccccc1C.[Cl-]. The summed E-state index contributed by atoms with van der Waals surface area (Å²) in [5, 5.41) is 15.3. The number of hydrogen-bond donors (Lipinski definition) is 4. The Morgan fingerprint density at radius 1 is 0.395 bits per heavy atom. The van der Waals surface area contributed by atoms with Crippen LogP contribution in [0.1, 0.15) is 22.3 Å². The second-order valence-electron chi connectivity index (χ2n) is 9.94. The lowest BCUT2D eigenvalue weighted by atomic mass is 10.2. The molecule has 4 aromatic rings. The zero-order valence-corrected chi connectivity index (χ0v) is 24.5. The molecule has 4 aromatic carbocycles. The van der Waals surface area contributed by atoms with Gasteiger partial charge in [0.15, 0.2) is 0 Å². The first-order chi connectivity index (χ1) is 18.0. The molecule has 0 saturated heterocycles. The molecule has 200 valence electrons. The van der Waals surface area contributed by atoms with Gasteiger partial charge in [0, 0.05) is 22.7 Å². The number of hydrogen-bond acceptors (Lipinski definition) is 4. The number of nitrogens with one attached hydrogen (secondary N) is 4. The van der Waals surface area contributed by atoms with E-state index in [-0.39, 0.29) is 12.4 Å². The molecule has 6 heteroatoms. The van der Waals surface area contributed by atoms with E-state index in [2.05, 4.69) is 146 Å². The molecule has 0 aliphatic heterocycles. The molecular formula is C32H40ClN4P. The largest absolute Gasteiger partial charge is 1.00 e. The molecule has 0 radical (unpaired) electrons. The quantitative estimate of drug-likeness (QED) is 0.177. The summed E-state index contributed by atoms with van der Waals surface area (Å²) < 4.78 is 0. The molecule has 0 heterocycles. The monoisotopic (exact) mass is 546 g/mol. The summed E-state index contributed by atoms with van der Waals surface area (Å²) in [6, 6.07) is 34.3. The molecule has 0 amide bonds. The Labute approximate surface area is 235 Å². The molecule has 0 unspecified atom stereocenters. The number of para-hydroxylation sites is 4. The topological polar surface area (TPSA) is 48.1 Å². The number of halogens is 1. The molecule has 0 bridgehead atoms. The highest BCUT2D eigenvalue weighted by Gasteiger charge is 2.38. The fourth-order valence-corrected chi connectivity index (χ4v) is 7.13. The zero-order valence-electron chi connectivity index (χ0n) is 22.9. The van der Waals surface area contributed by atoms with Crippen molar-refractivity contribution in [2.75, 3.05) is 46.4 Å². The Balaban J connectivity index is 0.00000400. The van der Waals surface area contributed by atoms with E-state index in [1.807, 2.05) is 0 Å². The van der Waals surface area contributed by atoms with Crippen LogP contribution >= 0.6 is 7.26 Å². The Morgan fingerprint density at radius 2 is 0.605 bits per heavy atom. The lowest BCUT2D eigenvalue weighted by molar-refractivity contribution is -0.00000763. The lowest BCUT2D eigenvalue weighted by Crippen LogP contribution is -3.00. The minimum absolute atomic E-state index is 0. The molecular weight excluding hydrogens is 507 g/mol. The van der Waals surface area contributed by atoms with Gasteiger partial charge in [0.25, 0.3) is 0 Å². The molecule has 0 fully saturated rings. The summed E-state index contributed by atoms with van der Waals surface area (Å²) in [4.78, 5) is 0. The van der Waals surface area contributed by atoms with Gasteiger partial charge < -0.3 is 33.7 Å². The average Bonchev–Trinajstić information content (AvgIpc) is 2.91. The third kappa shape index (κ3) is 7.90. The molecule has 0 aromatic heterocycles. The van der Waals surface area contributed by atoms with E-state index >= 15 is 0 Å². The van der Waals surface area contributed by atoms with Crippen LogP contribution in [-0.2, 0) is 0 Å². The van der Waals surface area contributed by atoms with E-state index in [4.69, 9.17) is 0 Å². The molecule has 0 aliphatic carbocycles. The van der Waals surface area contributed by atoms with Crippen LogP contribution in [0.2, 0.25) is 0 Å². The second-order valence-corrected chi connectivity index (χ2v) is 13.9. The Kier molecular flexibility index (Phi) is 10.9. The van der Waals surface area contributed by atoms with Crippen LogP contribution < -0.4 is 33.7 Å². The minimum atomic E-state index is -1.68. The Morgan fingerprint density at radius 3 is 0.816 bits per heavy atom. The van der Waals surface area contributed by atoms with Crippen molar-refractivity contribution in [1.29, 1.82) is 0 Å². The van der Waals surface area contributed by atoms with Gasteiger partial charge in [0.05, 0.1) is 7.26 Å². The van der Waals surface area contributed by atoms with Crippen molar-refractivity contribution in [1.82, 2.24) is 0 Å². The summed E-state index contributed by atoms with van der Waals surface area (Å²) in [6.07, 6.45) is 3.64. The standard InChI is InChI=1S/C32H40N4P.ClH/c1-25-13-5-9-17-29(25)33-21-37(22-34-30-18-10-6-14-26(30)2,23-35-31-19-11-7-15-27(31)3)24-36-32-20-12-8-16-28(32)4;/h5-20,33-36H,21-24H2,1-4H3;1H/q+1;/p-1. The van der Waals surface area contributed by atoms with E-state index in [0.717, 1.165) is 25.1 Å². The van der Waals surface area contributed by atoms with Gasteiger partial charge in [-0.05, 0) is 74.2 Å². The summed E-state index contributed by atoms with van der Waals surface area (Å²) in [6.45, 7) is 8.69. The van der Waals surface area contributed by atoms with Gasteiger partial charge in [-0.1, -0.05) is 72.8 Å². The highest BCUT2D eigenvalue weighted by molar-refractivity contribution is 7.76. The first-order valence-corrected chi connectivity index (χ1v) is 15.5. The summed E-state index contributed by atoms with van der Waals surface area (Å²) in [7, 11) is -1.68. The van der Waals surface area contributed by atoms with Gasteiger partial charge in [-0.2, -0.15) is 0 Å². The highest BCUT2D eigenvalue weighted by atomic mass is 35.5. The maximum absolute atomic E-state index is 3.84. The van der Waals surface area contributed by atoms with Crippen LogP contribution in [0.25, 0.3) is 0 Å². The van der Waals surface area contributed by atoms with Crippen molar-refractivity contribution < 1.29 is 12.4 Å². The smallest absolute Gasteiger partial charge is 0.133 e. The lowest BCUT2D eigenvalue weighted by Gasteiger charge is -2.30. The van der Waals surface area contributed by atoms with E-state index < -0.39 is 7.26 Å². The maximum atomic E-state index is 3.84. The molecule has 38 heavy (non-hydrogen) atoms. The Hall–Kier alpha value is -3.20. The molecule has 0 spiro atoms. The zero-order chi connectivity index (χ0) is 26.1. The van der Waals surface area contributed by atoms with Gasteiger partial charge >= 0.3 is 0 Å². The highest BCUT2D eigenvalue weighted by Crippen LogP contribution is 2.58. The second kappa shape index (κ2) is 14.1. The maximum Gasteiger partial charge on any atom is 0.133 e. The van der Waals surface area contributed by atoms with Crippen molar-refractivity contribution in [3.63, 3.8) is 0 Å². The van der Waals surface area contributed by atoms with Crippen molar-refractivity contribution in [2.45, 2.75) is 27.7 Å². The fourth-order valence-electron chi connectivity index (χ4n) is 4.43. The molecule has 4 rings (SSSR count). The van der Waals surface area contributed by atoms with Crippen molar-refractivity contribution in [3.8, 4) is 0 Å². The van der Waals surface area contributed by atoms with E-state index in [1.165, 1.54) is 45.0 Å². The molecule has 0 saturated carbocycles. The van der Waals surface area contributed by atoms with Crippen LogP contribution in [0, 0.1) is 27.7 Å². The van der Waals surface area contributed by atoms with E-state index in [1.54, 1.807) is 0 Å². The van der Waals surface area contributed by atoms with Crippen LogP contribution in [-0.4, -0.2) is 25.1 Å². The molecule has 0 aliphatic rings. The Bertz CT molecular complexity index is 1110. The first-order valence-electron chi connectivity index (χ1n) is 13.0. The van der Waals surface area contributed by atoms with Crippen molar-refractivity contribution in [3.05, 3.63) is 119 Å². The normalized spacial score (nSPS) is 10.8. The molecule has 4 nitrogen and oxygen atoms in total. The van der Waals surface area contributed by atoms with Gasteiger partial charge in [0.2, 0.25) is 0 Å². The van der Waals surface area contributed by atoms with Crippen LogP contribution in [0.3, 0.4) is 0 Å². The van der Waals surface area contributed by atoms with Crippen LogP contribution in [0.5, 0.6) is 0 Å². The van der Waals surface area contributed by atoms with Crippen molar-refractivity contribution in [2.24, 2.45) is 0 Å². The predicted molar refractivity (Wildman–Crippen MR) is 166 cm³/mol. The van der Waals surface area contributed by atoms with Crippen LogP contribution in [0.4, 0.5) is 22.7 Å². The average molecular weight is 547 g/mol. The van der Waals surface area contributed by atoms with E-state index in [9.17, 15) is 0 Å². The van der Waals surface area contributed by atoms with Crippen molar-refractivity contribution >= 4 is 30.0 Å². The number of benzene rings is 4. The number of aryl methyl sites for hydroxylation is 4. The molecule has 4 N–H and O–H groups in total. The van der Waals surface area contributed by atoms with Gasteiger partial charge in [-0.15, -0.1) is 0 Å². The third-order valence-electron chi connectivity index (χ3n) is 7.00. The van der Waals surface area contributed by atoms with Gasteiger partial charge in [0.1, 0.15) is 25.1 Å². The predicted octanol–water partition coefficient (Wildman–Crippen LogP) is 5.52. The number of rotatable bonds is 12. The third-order valence-corrected chi connectivity index (χ3v) is 10.3.